The van der Waals surface area contributed by atoms with Gasteiger partial charge in [0.25, 0.3) is 11.8 Å². The van der Waals surface area contributed by atoms with Crippen molar-refractivity contribution in [1.82, 2.24) is 20.4 Å². The van der Waals surface area contributed by atoms with Crippen molar-refractivity contribution in [2.24, 2.45) is 0 Å². The van der Waals surface area contributed by atoms with Crippen molar-refractivity contribution in [3.63, 3.8) is 0 Å². The molecule has 10 heteroatoms. The van der Waals surface area contributed by atoms with Crippen LogP contribution in [-0.2, 0) is 26.1 Å². The summed E-state index contributed by atoms with van der Waals surface area (Å²) in [4.78, 5) is 28.7. The van der Waals surface area contributed by atoms with Gasteiger partial charge in [-0.3, -0.25) is 9.59 Å². The zero-order valence-corrected chi connectivity index (χ0v) is 23.6. The van der Waals surface area contributed by atoms with Crippen LogP contribution in [0, 0.1) is 0 Å². The van der Waals surface area contributed by atoms with E-state index >= 15 is 0 Å². The molecule has 208 valence electrons. The van der Waals surface area contributed by atoms with E-state index in [1.807, 2.05) is 21.9 Å². The molecule has 38 heavy (non-hydrogen) atoms. The maximum Gasteiger partial charge on any atom is 0.255 e. The number of benzene rings is 2. The number of carbonyl (C=O) groups excluding carboxylic acids is 2. The molecule has 2 aromatic carbocycles. The number of hydrogen-bond donors (Lipinski definition) is 4. The standard InChI is InChI=1S/2C14H18N2O2.2ClH/c2*1-2-9-5-10(8-17)13-11(6-9)12-7-15-3-4-16(12)14(13)18;;/h2*5-6,12,15,17H,2-4,7-8H2,1H3;2*1H/t2*12-;;/m10../s1. The largest absolute Gasteiger partial charge is 0.392 e. The van der Waals surface area contributed by atoms with Gasteiger partial charge in [-0.25, -0.2) is 0 Å². The average Bonchev–Trinajstić information content (AvgIpc) is 3.39. The quantitative estimate of drug-likeness (QED) is 0.455. The number of nitrogens with zero attached hydrogens (tertiary/aromatic N) is 2. The summed E-state index contributed by atoms with van der Waals surface area (Å²) >= 11 is 0. The number of aliphatic hydroxyl groups excluding tert-OH is 2. The topological polar surface area (TPSA) is 105 Å². The number of rotatable bonds is 4. The lowest BCUT2D eigenvalue weighted by molar-refractivity contribution is 0.0682. The molecule has 4 aliphatic rings. The molecule has 0 radical (unpaired) electrons. The number of carbonyl (C=O) groups is 2. The monoisotopic (exact) mass is 564 g/mol. The number of aliphatic hydroxyl groups is 2. The third kappa shape index (κ3) is 5.18. The highest BCUT2D eigenvalue weighted by atomic mass is 35.5. The molecule has 6 rings (SSSR count). The van der Waals surface area contributed by atoms with Crippen molar-refractivity contribution >= 4 is 36.6 Å². The average molecular weight is 566 g/mol. The van der Waals surface area contributed by atoms with Crippen LogP contribution in [0.5, 0.6) is 0 Å². The molecule has 2 atom stereocenters. The van der Waals surface area contributed by atoms with Crippen LogP contribution >= 0.6 is 24.8 Å². The first-order valence-electron chi connectivity index (χ1n) is 13.1. The molecule has 0 spiro atoms. The minimum absolute atomic E-state index is 0. The Morgan fingerprint density at radius 3 is 1.47 bits per heavy atom. The molecule has 0 bridgehead atoms. The van der Waals surface area contributed by atoms with E-state index in [0.717, 1.165) is 85.5 Å². The SMILES string of the molecule is CCc1cc(CO)c2c(c1)[C@@H]1CNCCN1C2=O.CCc1cc(CO)c2c(c1)[C@H]1CNCCN1C2=O.Cl.Cl. The van der Waals surface area contributed by atoms with Crippen molar-refractivity contribution in [2.75, 3.05) is 39.3 Å². The summed E-state index contributed by atoms with van der Waals surface area (Å²) in [6.45, 7) is 8.91. The predicted molar refractivity (Wildman–Crippen MR) is 151 cm³/mol. The van der Waals surface area contributed by atoms with E-state index in [-0.39, 0.29) is 61.9 Å². The zero-order chi connectivity index (χ0) is 25.4. The summed E-state index contributed by atoms with van der Waals surface area (Å²) in [6.07, 6.45) is 1.85. The van der Waals surface area contributed by atoms with Gasteiger partial charge in [-0.05, 0) is 46.2 Å². The van der Waals surface area contributed by atoms with Crippen molar-refractivity contribution < 1.29 is 19.8 Å². The highest BCUT2D eigenvalue weighted by molar-refractivity contribution is 6.01. The Labute approximate surface area is 236 Å². The summed E-state index contributed by atoms with van der Waals surface area (Å²) in [5.41, 5.74) is 7.61. The van der Waals surface area contributed by atoms with E-state index in [1.54, 1.807) is 0 Å². The van der Waals surface area contributed by atoms with Crippen LogP contribution in [0.25, 0.3) is 0 Å². The highest BCUT2D eigenvalue weighted by Gasteiger charge is 2.40. The van der Waals surface area contributed by atoms with Gasteiger partial charge >= 0.3 is 0 Å². The third-order valence-corrected chi connectivity index (χ3v) is 7.93. The molecular formula is C28H38Cl2N4O4. The fraction of sp³-hybridized carbons (Fsp3) is 0.500. The minimum atomic E-state index is -0.0596. The Bertz CT molecular complexity index is 1100. The van der Waals surface area contributed by atoms with E-state index < -0.39 is 0 Å². The third-order valence-electron chi connectivity index (χ3n) is 7.93. The van der Waals surface area contributed by atoms with Crippen molar-refractivity contribution in [3.05, 3.63) is 68.8 Å². The van der Waals surface area contributed by atoms with Crippen LogP contribution < -0.4 is 10.6 Å². The second-order valence-electron chi connectivity index (χ2n) is 9.90. The van der Waals surface area contributed by atoms with Crippen LogP contribution in [0.1, 0.15) is 80.0 Å². The minimum Gasteiger partial charge on any atom is -0.392 e. The van der Waals surface area contributed by atoms with E-state index in [0.29, 0.717) is 0 Å². The van der Waals surface area contributed by atoms with Crippen LogP contribution in [0.3, 0.4) is 0 Å². The Kier molecular flexibility index (Phi) is 10.2. The number of aryl methyl sites for hydroxylation is 2. The maximum atomic E-state index is 12.4. The first kappa shape index (κ1) is 30.3. The van der Waals surface area contributed by atoms with Gasteiger partial charge in [0, 0.05) is 39.3 Å². The summed E-state index contributed by atoms with van der Waals surface area (Å²) in [7, 11) is 0. The van der Waals surface area contributed by atoms with Gasteiger partial charge in [0.1, 0.15) is 0 Å². The van der Waals surface area contributed by atoms with Gasteiger partial charge in [0.05, 0.1) is 36.4 Å². The molecule has 8 nitrogen and oxygen atoms in total. The number of amides is 2. The van der Waals surface area contributed by atoms with Crippen LogP contribution in [-0.4, -0.2) is 71.1 Å². The predicted octanol–water partition coefficient (Wildman–Crippen LogP) is 2.53. The molecule has 2 aromatic rings. The first-order chi connectivity index (χ1) is 17.5. The molecule has 4 aliphatic heterocycles. The molecule has 4 N–H and O–H groups in total. The fourth-order valence-electron chi connectivity index (χ4n) is 6.03. The van der Waals surface area contributed by atoms with Gasteiger partial charge in [0.2, 0.25) is 0 Å². The maximum absolute atomic E-state index is 12.4. The van der Waals surface area contributed by atoms with E-state index in [2.05, 4.69) is 36.6 Å². The van der Waals surface area contributed by atoms with Gasteiger partial charge in [-0.15, -0.1) is 24.8 Å². The van der Waals surface area contributed by atoms with Crippen LogP contribution in [0.15, 0.2) is 24.3 Å². The lowest BCUT2D eigenvalue weighted by Gasteiger charge is -2.30. The zero-order valence-electron chi connectivity index (χ0n) is 22.0. The molecule has 0 saturated carbocycles. The second kappa shape index (κ2) is 12.8. The fourth-order valence-corrected chi connectivity index (χ4v) is 6.03. The lowest BCUT2D eigenvalue weighted by Crippen LogP contribution is -2.44. The molecule has 0 unspecified atom stereocenters. The first-order valence-corrected chi connectivity index (χ1v) is 13.1. The van der Waals surface area contributed by atoms with Crippen molar-refractivity contribution in [2.45, 2.75) is 52.0 Å². The Morgan fingerprint density at radius 1 is 0.737 bits per heavy atom. The molecule has 2 fully saturated rings. The van der Waals surface area contributed by atoms with E-state index in [9.17, 15) is 19.8 Å². The van der Waals surface area contributed by atoms with Crippen molar-refractivity contribution in [3.8, 4) is 0 Å². The summed E-state index contributed by atoms with van der Waals surface area (Å²) in [6, 6.07) is 8.48. The van der Waals surface area contributed by atoms with Crippen LogP contribution in [0.4, 0.5) is 0 Å². The van der Waals surface area contributed by atoms with Crippen molar-refractivity contribution in [1.29, 1.82) is 0 Å². The summed E-state index contributed by atoms with van der Waals surface area (Å²) in [5, 5.41) is 25.6. The number of piperazine rings is 2. The van der Waals surface area contributed by atoms with E-state index in [1.165, 1.54) is 11.1 Å². The van der Waals surface area contributed by atoms with Gasteiger partial charge in [0.15, 0.2) is 0 Å². The molecular weight excluding hydrogens is 527 g/mol. The lowest BCUT2D eigenvalue weighted by atomic mass is 9.95. The molecule has 0 aliphatic carbocycles. The van der Waals surface area contributed by atoms with Gasteiger partial charge < -0.3 is 30.6 Å². The second-order valence-corrected chi connectivity index (χ2v) is 9.90. The molecule has 4 heterocycles. The number of halogens is 2. The Hall–Kier alpha value is -2.20. The molecule has 2 amide bonds. The molecule has 2 saturated heterocycles. The summed E-state index contributed by atoms with van der Waals surface area (Å²) < 4.78 is 0. The smallest absolute Gasteiger partial charge is 0.255 e. The van der Waals surface area contributed by atoms with Crippen LogP contribution in [0.2, 0.25) is 0 Å². The Morgan fingerprint density at radius 2 is 1.13 bits per heavy atom. The number of fused-ring (bicyclic) bond motifs is 6. The van der Waals surface area contributed by atoms with Gasteiger partial charge in [-0.2, -0.15) is 0 Å². The molecule has 0 aromatic heterocycles. The van der Waals surface area contributed by atoms with Gasteiger partial charge in [-0.1, -0.05) is 38.1 Å². The normalized spacial score (nSPS) is 20.8. The Balaban J connectivity index is 0.000000200. The van der Waals surface area contributed by atoms with E-state index in [4.69, 9.17) is 0 Å². The number of nitrogens with one attached hydrogen (secondary N) is 2. The number of hydrogen-bond acceptors (Lipinski definition) is 6. The summed E-state index contributed by atoms with van der Waals surface area (Å²) in [5.74, 6) is 0.173. The highest BCUT2D eigenvalue weighted by Crippen LogP contribution is 2.38.